The van der Waals surface area contributed by atoms with Crippen LogP contribution in [-0.2, 0) is 7.05 Å². The van der Waals surface area contributed by atoms with Crippen molar-refractivity contribution in [1.29, 1.82) is 0 Å². The highest BCUT2D eigenvalue weighted by Crippen LogP contribution is 2.10. The molecule has 0 saturated carbocycles. The van der Waals surface area contributed by atoms with Crippen LogP contribution < -0.4 is 4.31 Å². The summed E-state index contributed by atoms with van der Waals surface area (Å²) in [5.74, 6) is 0. The van der Waals surface area contributed by atoms with Crippen LogP contribution in [0.4, 0.5) is 5.69 Å². The fraction of sp³-hybridized carbons (Fsp3) is 0.400. The molecule has 0 N–H and O–H groups in total. The Labute approximate surface area is 59.8 Å². The summed E-state index contributed by atoms with van der Waals surface area (Å²) in [5.41, 5.74) is 1.00. The van der Waals surface area contributed by atoms with Crippen LogP contribution >= 0.6 is 12.8 Å². The average molecular weight is 143 g/mol. The molecule has 9 heavy (non-hydrogen) atoms. The van der Waals surface area contributed by atoms with E-state index in [1.54, 1.807) is 15.2 Å². The molecule has 0 aromatic carbocycles. The summed E-state index contributed by atoms with van der Waals surface area (Å²) in [6, 6.07) is 0. The van der Waals surface area contributed by atoms with E-state index in [0.717, 1.165) is 5.69 Å². The van der Waals surface area contributed by atoms with E-state index in [-0.39, 0.29) is 0 Å². The Morgan fingerprint density at radius 3 is 2.67 bits per heavy atom. The van der Waals surface area contributed by atoms with Crippen LogP contribution in [0, 0.1) is 0 Å². The van der Waals surface area contributed by atoms with Crippen LogP contribution in [-0.4, -0.2) is 16.8 Å². The zero-order valence-corrected chi connectivity index (χ0v) is 6.34. The van der Waals surface area contributed by atoms with Crippen molar-refractivity contribution in [3.63, 3.8) is 0 Å². The molecule has 0 atom stereocenters. The van der Waals surface area contributed by atoms with Gasteiger partial charge in [0, 0.05) is 20.3 Å². The van der Waals surface area contributed by atoms with Crippen LogP contribution in [0.3, 0.4) is 0 Å². The van der Waals surface area contributed by atoms with Gasteiger partial charge >= 0.3 is 0 Å². The molecule has 0 aliphatic rings. The number of thiol groups is 1. The Morgan fingerprint density at radius 2 is 2.44 bits per heavy atom. The first-order valence-corrected chi connectivity index (χ1v) is 3.01. The molecule has 1 aromatic rings. The fourth-order valence-electron chi connectivity index (χ4n) is 0.575. The molecule has 0 aliphatic heterocycles. The number of anilines is 1. The van der Waals surface area contributed by atoms with E-state index < -0.39 is 0 Å². The van der Waals surface area contributed by atoms with E-state index in [0.29, 0.717) is 0 Å². The lowest BCUT2D eigenvalue weighted by Gasteiger charge is -2.04. The minimum absolute atomic E-state index is 1.00. The van der Waals surface area contributed by atoms with Crippen molar-refractivity contribution in [2.45, 2.75) is 0 Å². The lowest BCUT2D eigenvalue weighted by Crippen LogP contribution is -1.98. The van der Waals surface area contributed by atoms with Gasteiger partial charge in [-0.2, -0.15) is 5.10 Å². The van der Waals surface area contributed by atoms with Crippen LogP contribution in [0.2, 0.25) is 0 Å². The Morgan fingerprint density at radius 1 is 1.78 bits per heavy atom. The number of rotatable bonds is 1. The number of aryl methyl sites for hydroxylation is 1. The molecule has 0 unspecified atom stereocenters. The first-order chi connectivity index (χ1) is 4.20. The van der Waals surface area contributed by atoms with Gasteiger partial charge in [0.05, 0.1) is 11.9 Å². The third kappa shape index (κ3) is 1.38. The van der Waals surface area contributed by atoms with Gasteiger partial charge in [0.2, 0.25) is 0 Å². The molecule has 3 nitrogen and oxygen atoms in total. The molecule has 0 saturated heterocycles. The molecule has 4 heteroatoms. The highest BCUT2D eigenvalue weighted by atomic mass is 32.1. The topological polar surface area (TPSA) is 21.1 Å². The first kappa shape index (κ1) is 6.48. The molecule has 0 amide bonds. The van der Waals surface area contributed by atoms with Crippen LogP contribution in [0.25, 0.3) is 0 Å². The van der Waals surface area contributed by atoms with Crippen LogP contribution in [0.15, 0.2) is 12.4 Å². The summed E-state index contributed by atoms with van der Waals surface area (Å²) in [4.78, 5) is 0. The van der Waals surface area contributed by atoms with Crippen LogP contribution in [0.5, 0.6) is 0 Å². The van der Waals surface area contributed by atoms with Crippen molar-refractivity contribution in [3.05, 3.63) is 12.4 Å². The summed E-state index contributed by atoms with van der Waals surface area (Å²) in [7, 11) is 3.74. The number of aromatic nitrogens is 2. The molecule has 1 aromatic heterocycles. The van der Waals surface area contributed by atoms with Crippen molar-refractivity contribution in [3.8, 4) is 0 Å². The lowest BCUT2D eigenvalue weighted by molar-refractivity contribution is 0.768. The van der Waals surface area contributed by atoms with Crippen LogP contribution in [0.1, 0.15) is 0 Å². The van der Waals surface area contributed by atoms with Crippen molar-refractivity contribution >= 4 is 18.5 Å². The standard InChI is InChI=1S/C5H9N3S/c1-7-4-5(3-6-7)8(2)9/h3-4,9H,1-2H3. The maximum atomic E-state index is 4.08. The summed E-state index contributed by atoms with van der Waals surface area (Å²) in [6.07, 6.45) is 3.65. The third-order valence-electron chi connectivity index (χ3n) is 1.06. The number of hydrogen-bond donors (Lipinski definition) is 1. The zero-order chi connectivity index (χ0) is 6.85. The predicted molar refractivity (Wildman–Crippen MR) is 40.6 cm³/mol. The van der Waals surface area contributed by atoms with E-state index in [9.17, 15) is 0 Å². The average Bonchev–Trinajstić information content (AvgIpc) is 2.14. The van der Waals surface area contributed by atoms with Gasteiger partial charge < -0.3 is 4.31 Å². The molecule has 1 heterocycles. The molecular weight excluding hydrogens is 134 g/mol. The summed E-state index contributed by atoms with van der Waals surface area (Å²) >= 11 is 4.08. The summed E-state index contributed by atoms with van der Waals surface area (Å²) in [5, 5.41) is 3.96. The van der Waals surface area contributed by atoms with Gasteiger partial charge in [0.1, 0.15) is 0 Å². The molecule has 0 bridgehead atoms. The third-order valence-corrected chi connectivity index (χ3v) is 1.30. The van der Waals surface area contributed by atoms with Crippen molar-refractivity contribution in [2.75, 3.05) is 11.4 Å². The van der Waals surface area contributed by atoms with E-state index in [4.69, 9.17) is 0 Å². The minimum Gasteiger partial charge on any atom is -0.319 e. The largest absolute Gasteiger partial charge is 0.319 e. The zero-order valence-electron chi connectivity index (χ0n) is 5.44. The molecule has 50 valence electrons. The second kappa shape index (κ2) is 2.31. The Kier molecular flexibility index (Phi) is 1.66. The van der Waals surface area contributed by atoms with Crippen molar-refractivity contribution in [1.82, 2.24) is 9.78 Å². The first-order valence-electron chi connectivity index (χ1n) is 2.61. The minimum atomic E-state index is 1.00. The highest BCUT2D eigenvalue weighted by Gasteiger charge is 1.95. The predicted octanol–water partition coefficient (Wildman–Crippen LogP) is 0.701. The number of nitrogens with zero attached hydrogens (tertiary/aromatic N) is 3. The highest BCUT2D eigenvalue weighted by molar-refractivity contribution is 7.81. The van der Waals surface area contributed by atoms with Crippen molar-refractivity contribution in [2.24, 2.45) is 7.05 Å². The molecular formula is C5H9N3S. The Bertz CT molecular complexity index is 194. The van der Waals surface area contributed by atoms with Gasteiger partial charge in [0.15, 0.2) is 0 Å². The molecule has 1 rings (SSSR count). The molecule has 0 fully saturated rings. The second-order valence-electron chi connectivity index (χ2n) is 1.90. The van der Waals surface area contributed by atoms with E-state index in [1.807, 2.05) is 20.3 Å². The van der Waals surface area contributed by atoms with Crippen molar-refractivity contribution < 1.29 is 0 Å². The smallest absolute Gasteiger partial charge is 0.0847 e. The van der Waals surface area contributed by atoms with Gasteiger partial charge in [-0.25, -0.2) is 0 Å². The van der Waals surface area contributed by atoms with Gasteiger partial charge in [-0.15, -0.1) is 0 Å². The summed E-state index contributed by atoms with van der Waals surface area (Å²) < 4.78 is 3.45. The molecule has 0 radical (unpaired) electrons. The second-order valence-corrected chi connectivity index (χ2v) is 2.50. The quantitative estimate of drug-likeness (QED) is 0.584. The maximum Gasteiger partial charge on any atom is 0.0847 e. The monoisotopic (exact) mass is 143 g/mol. The van der Waals surface area contributed by atoms with Gasteiger partial charge in [-0.05, 0) is 0 Å². The normalized spacial score (nSPS) is 9.67. The Hall–Kier alpha value is -0.640. The van der Waals surface area contributed by atoms with E-state index in [1.165, 1.54) is 0 Å². The van der Waals surface area contributed by atoms with Gasteiger partial charge in [-0.3, -0.25) is 4.68 Å². The molecule has 0 aliphatic carbocycles. The maximum absolute atomic E-state index is 4.08. The SMILES string of the molecule is CN(S)c1cnn(C)c1. The Balaban J connectivity index is 2.85. The lowest BCUT2D eigenvalue weighted by atomic mass is 10.6. The van der Waals surface area contributed by atoms with E-state index >= 15 is 0 Å². The molecule has 0 spiro atoms. The van der Waals surface area contributed by atoms with Gasteiger partial charge in [-0.1, -0.05) is 12.8 Å². The van der Waals surface area contributed by atoms with Gasteiger partial charge in [0.25, 0.3) is 0 Å². The van der Waals surface area contributed by atoms with E-state index in [2.05, 4.69) is 17.9 Å². The fourth-order valence-corrected chi connectivity index (χ4v) is 0.679. The number of hydrogen-bond acceptors (Lipinski definition) is 3. The summed E-state index contributed by atoms with van der Waals surface area (Å²) in [6.45, 7) is 0.